The number of hydrogen-bond donors (Lipinski definition) is 7. The molecular weight excluding hydrogens is 598 g/mol. The molecule has 0 spiro atoms. The third-order valence-electron chi connectivity index (χ3n) is 5.92. The van der Waals surface area contributed by atoms with Crippen molar-refractivity contribution < 1.29 is 49.0 Å². The van der Waals surface area contributed by atoms with Crippen LogP contribution in [0.1, 0.15) is 34.6 Å². The van der Waals surface area contributed by atoms with Gasteiger partial charge in [0.25, 0.3) is 0 Å². The molecule has 8 N–H and O–H groups in total. The highest BCUT2D eigenvalue weighted by atomic mass is 32.2. The molecule has 0 amide bonds. The smallest absolute Gasteiger partial charge is 0.335 e. The normalized spacial score (nSPS) is 11.1. The number of nitrogens with zero attached hydrogens (tertiary/aromatic N) is 2. The lowest BCUT2D eigenvalue weighted by Gasteiger charge is -2.19. The van der Waals surface area contributed by atoms with E-state index in [4.69, 9.17) is 20.5 Å². The minimum absolute atomic E-state index is 0.00176. The van der Waals surface area contributed by atoms with Crippen LogP contribution in [0.15, 0.2) is 69.7 Å². The summed E-state index contributed by atoms with van der Waals surface area (Å²) in [6, 6.07) is 13.1. The van der Waals surface area contributed by atoms with Crippen LogP contribution in [0.2, 0.25) is 0 Å². The van der Waals surface area contributed by atoms with Gasteiger partial charge in [-0.3, -0.25) is 10.9 Å². The second kappa shape index (κ2) is 14.3. The Bertz CT molecular complexity index is 1700. The van der Waals surface area contributed by atoms with Crippen LogP contribution in [-0.4, -0.2) is 45.7 Å². The molecule has 0 bridgehead atoms. The molecule has 0 saturated heterocycles. The van der Waals surface area contributed by atoms with Crippen molar-refractivity contribution in [2.45, 2.75) is 18.7 Å². The number of fused-ring (bicyclic) bond motifs is 1. The molecule has 0 fully saturated rings. The molecule has 0 aliphatic rings. The van der Waals surface area contributed by atoms with E-state index >= 15 is 0 Å². The molecule has 0 aromatic heterocycles. The van der Waals surface area contributed by atoms with E-state index in [0.717, 1.165) is 6.07 Å². The highest BCUT2D eigenvalue weighted by Crippen LogP contribution is 2.43. The average Bonchev–Trinajstić information content (AvgIpc) is 3.00. The van der Waals surface area contributed by atoms with Crippen LogP contribution in [0.3, 0.4) is 0 Å². The Hall–Kier alpha value is -5.29. The van der Waals surface area contributed by atoms with Gasteiger partial charge in [0.1, 0.15) is 28.6 Å². The molecule has 0 saturated carbocycles. The Labute approximate surface area is 253 Å². The van der Waals surface area contributed by atoms with Crippen LogP contribution in [0, 0.1) is 0 Å². The molecule has 0 aliphatic heterocycles. The third kappa shape index (κ3) is 7.37. The quantitative estimate of drug-likeness (QED) is 0.0195. The summed E-state index contributed by atoms with van der Waals surface area (Å²) in [4.78, 5) is 23.3. The van der Waals surface area contributed by atoms with Gasteiger partial charge < -0.3 is 30.5 Å². The number of anilines is 3. The van der Waals surface area contributed by atoms with Crippen LogP contribution in [0.5, 0.6) is 17.2 Å². The molecule has 4 aromatic carbocycles. The monoisotopic (exact) mass is 625 g/mol. The van der Waals surface area contributed by atoms with Crippen molar-refractivity contribution in [2.75, 3.05) is 29.8 Å². The zero-order valence-corrected chi connectivity index (χ0v) is 24.0. The summed E-state index contributed by atoms with van der Waals surface area (Å²) in [6.45, 7) is 4.02. The number of hydrazine groups is 1. The number of hydrogen-bond acceptors (Lipinski definition) is 14. The number of carboxylic acid groups (broad SMARTS) is 2. The van der Waals surface area contributed by atoms with Crippen LogP contribution in [-0.2, 0) is 9.37 Å². The molecule has 4 rings (SSSR count). The molecule has 0 aliphatic carbocycles. The number of phenolic OH excluding ortho intramolecular Hbond substituents is 1. The summed E-state index contributed by atoms with van der Waals surface area (Å²) < 4.78 is 16.1. The van der Waals surface area contributed by atoms with Crippen molar-refractivity contribution in [3.63, 3.8) is 0 Å². The fourth-order valence-electron chi connectivity index (χ4n) is 4.04. The van der Waals surface area contributed by atoms with Crippen molar-refractivity contribution >= 4 is 63.2 Å². The largest absolute Gasteiger partial charge is 0.505 e. The van der Waals surface area contributed by atoms with Gasteiger partial charge in [0, 0.05) is 23.2 Å². The van der Waals surface area contributed by atoms with E-state index in [1.807, 2.05) is 0 Å². The maximum atomic E-state index is 11.5. The zero-order chi connectivity index (χ0) is 31.8. The predicted octanol–water partition coefficient (Wildman–Crippen LogP) is 6.60. The Morgan fingerprint density at radius 3 is 2.20 bits per heavy atom. The Morgan fingerprint density at radius 2 is 1.57 bits per heavy atom. The molecule has 15 nitrogen and oxygen atoms in total. The van der Waals surface area contributed by atoms with Crippen molar-refractivity contribution in [3.05, 3.63) is 65.7 Å². The first-order chi connectivity index (χ1) is 21.1. The topological polar surface area (TPSA) is 227 Å². The van der Waals surface area contributed by atoms with Crippen molar-refractivity contribution in [1.29, 1.82) is 0 Å². The van der Waals surface area contributed by atoms with E-state index in [2.05, 4.69) is 30.5 Å². The molecule has 230 valence electrons. The first kappa shape index (κ1) is 31.6. The predicted molar refractivity (Wildman–Crippen MR) is 161 cm³/mol. The Balaban J connectivity index is 1.73. The van der Waals surface area contributed by atoms with E-state index in [1.165, 1.54) is 18.2 Å². The Kier molecular flexibility index (Phi) is 10.3. The molecule has 4 aromatic rings. The van der Waals surface area contributed by atoms with Gasteiger partial charge in [-0.15, -0.1) is 9.45 Å². The number of carbonyl (C=O) groups is 2. The molecular formula is C28H27N5O10S. The van der Waals surface area contributed by atoms with Gasteiger partial charge in [0.05, 0.1) is 52.7 Å². The fraction of sp³-hybridized carbons (Fsp3) is 0.143. The minimum atomic E-state index is -1.32. The van der Waals surface area contributed by atoms with Crippen LogP contribution >= 0.6 is 12.0 Å². The Morgan fingerprint density at radius 1 is 0.886 bits per heavy atom. The van der Waals surface area contributed by atoms with Gasteiger partial charge in [0.2, 0.25) is 0 Å². The summed E-state index contributed by atoms with van der Waals surface area (Å²) in [6.07, 6.45) is 0. The summed E-state index contributed by atoms with van der Waals surface area (Å²) in [5.41, 5.74) is 12.4. The van der Waals surface area contributed by atoms with Crippen molar-refractivity contribution in [1.82, 2.24) is 0 Å². The summed E-state index contributed by atoms with van der Waals surface area (Å²) in [5.74, 6) is -2.28. The summed E-state index contributed by atoms with van der Waals surface area (Å²) >= 11 is 0.631. The number of azo groups is 1. The van der Waals surface area contributed by atoms with E-state index in [9.17, 15) is 24.9 Å². The van der Waals surface area contributed by atoms with Gasteiger partial charge in [-0.25, -0.2) is 14.8 Å². The average molecular weight is 626 g/mol. The van der Waals surface area contributed by atoms with Crippen molar-refractivity contribution in [3.8, 4) is 17.2 Å². The molecule has 0 radical (unpaired) electrons. The van der Waals surface area contributed by atoms with Gasteiger partial charge in [-0.2, -0.15) is 5.11 Å². The first-order valence-electron chi connectivity index (χ1n) is 12.8. The molecule has 0 unspecified atom stereocenters. The second-order valence-electron chi connectivity index (χ2n) is 8.82. The minimum Gasteiger partial charge on any atom is -0.505 e. The molecule has 0 atom stereocenters. The maximum Gasteiger partial charge on any atom is 0.335 e. The van der Waals surface area contributed by atoms with Crippen LogP contribution in [0.25, 0.3) is 10.8 Å². The number of nitrogens with two attached hydrogens (primary N) is 1. The number of nitrogens with one attached hydrogen (secondary N) is 2. The summed E-state index contributed by atoms with van der Waals surface area (Å²) in [7, 11) is 0. The molecule has 44 heavy (non-hydrogen) atoms. The lowest BCUT2D eigenvalue weighted by molar-refractivity contribution is -0.432. The number of ether oxygens (including phenoxy) is 2. The SMILES string of the molecule is CCOc1cc(NNc2c(SOOO)cc3ccc(N)cc3c2O)c(OCC)cc1N=Nc1cc(C(=O)O)cc(C(=O)O)c1. The maximum absolute atomic E-state index is 11.5. The van der Waals surface area contributed by atoms with Gasteiger partial charge >= 0.3 is 11.9 Å². The number of aromatic carboxylic acids is 2. The highest BCUT2D eigenvalue weighted by Gasteiger charge is 2.18. The number of rotatable bonds is 14. The first-order valence-corrected chi connectivity index (χ1v) is 13.6. The number of aromatic hydroxyl groups is 1. The van der Waals surface area contributed by atoms with Gasteiger partial charge in [0.15, 0.2) is 0 Å². The van der Waals surface area contributed by atoms with Crippen LogP contribution < -0.4 is 26.1 Å². The lowest BCUT2D eigenvalue weighted by Crippen LogP contribution is -2.12. The number of benzene rings is 4. The number of carboxylic acids is 2. The number of phenols is 1. The molecule has 0 heterocycles. The van der Waals surface area contributed by atoms with E-state index in [-0.39, 0.29) is 58.7 Å². The third-order valence-corrected chi connectivity index (χ3v) is 6.55. The standard InChI is InChI=1S/C28H27N5O10S/c1-3-40-22-13-21(32-33-25-24(44-43-42-39)10-14-5-6-17(29)11-19(14)26(25)34)23(41-4-2)12-20(22)31-30-18-8-15(27(35)36)7-16(9-18)28(37)38/h5-13,32-34,39H,3-4,29H2,1-2H3,(H,35,36)(H,37,38). The van der Waals surface area contributed by atoms with E-state index in [1.54, 1.807) is 44.2 Å². The fourth-order valence-corrected chi connectivity index (χ4v) is 4.55. The summed E-state index contributed by atoms with van der Waals surface area (Å²) in [5, 5.41) is 51.5. The lowest BCUT2D eigenvalue weighted by atomic mass is 10.1. The number of nitrogen functional groups attached to an aromatic ring is 1. The second-order valence-corrected chi connectivity index (χ2v) is 9.56. The zero-order valence-electron chi connectivity index (χ0n) is 23.2. The highest BCUT2D eigenvalue weighted by molar-refractivity contribution is 7.94. The van der Waals surface area contributed by atoms with Crippen molar-refractivity contribution in [2.24, 2.45) is 10.2 Å². The van der Waals surface area contributed by atoms with Gasteiger partial charge in [-0.05, 0) is 55.6 Å². The van der Waals surface area contributed by atoms with E-state index in [0.29, 0.717) is 39.1 Å². The molecule has 16 heteroatoms. The van der Waals surface area contributed by atoms with Crippen LogP contribution in [0.4, 0.5) is 28.4 Å². The van der Waals surface area contributed by atoms with E-state index < -0.39 is 11.9 Å². The van der Waals surface area contributed by atoms with Gasteiger partial charge in [-0.1, -0.05) is 11.1 Å².